The quantitative estimate of drug-likeness (QED) is 0.883. The van der Waals surface area contributed by atoms with Crippen molar-refractivity contribution < 1.29 is 9.53 Å². The number of nitrogens with one attached hydrogen (secondary N) is 1. The Kier molecular flexibility index (Phi) is 5.59. The van der Waals surface area contributed by atoms with E-state index in [4.69, 9.17) is 4.74 Å². The van der Waals surface area contributed by atoms with Crippen molar-refractivity contribution in [2.75, 3.05) is 46.9 Å². The van der Waals surface area contributed by atoms with Gasteiger partial charge >= 0.3 is 0 Å². The van der Waals surface area contributed by atoms with E-state index in [1.54, 1.807) is 7.11 Å². The molecule has 0 aliphatic carbocycles. The third-order valence-electron chi connectivity index (χ3n) is 4.01. The van der Waals surface area contributed by atoms with E-state index in [9.17, 15) is 4.79 Å². The Labute approximate surface area is 126 Å². The molecule has 1 aliphatic rings. The van der Waals surface area contributed by atoms with Gasteiger partial charge in [0, 0.05) is 32.2 Å². The summed E-state index contributed by atoms with van der Waals surface area (Å²) in [5, 5.41) is 3.30. The summed E-state index contributed by atoms with van der Waals surface area (Å²) in [6.45, 7) is 6.00. The van der Waals surface area contributed by atoms with Gasteiger partial charge in [0.05, 0.1) is 13.7 Å². The molecule has 5 heteroatoms. The average molecular weight is 291 g/mol. The molecule has 0 bridgehead atoms. The average Bonchev–Trinajstić information content (AvgIpc) is 2.53. The molecule has 1 aliphatic heterocycles. The van der Waals surface area contributed by atoms with Gasteiger partial charge in [-0.2, -0.15) is 0 Å². The fraction of sp³-hybridized carbons (Fsp3) is 0.562. The predicted molar refractivity (Wildman–Crippen MR) is 83.5 cm³/mol. The number of nitrogens with zero attached hydrogens (tertiary/aromatic N) is 2. The molecule has 0 spiro atoms. The normalized spacial score (nSPS) is 17.6. The zero-order valence-electron chi connectivity index (χ0n) is 13.1. The third-order valence-corrected chi connectivity index (χ3v) is 4.01. The number of methoxy groups -OCH3 is 1. The third kappa shape index (κ3) is 4.44. The lowest BCUT2D eigenvalue weighted by molar-refractivity contribution is -0.131. The highest BCUT2D eigenvalue weighted by atomic mass is 16.5. The van der Waals surface area contributed by atoms with Crippen LogP contribution in [0.15, 0.2) is 24.3 Å². The Balaban J connectivity index is 1.82. The molecule has 0 aromatic heterocycles. The van der Waals surface area contributed by atoms with E-state index in [0.29, 0.717) is 6.54 Å². The highest BCUT2D eigenvalue weighted by Crippen LogP contribution is 2.18. The van der Waals surface area contributed by atoms with Gasteiger partial charge in [0.25, 0.3) is 0 Å². The van der Waals surface area contributed by atoms with Gasteiger partial charge in [-0.15, -0.1) is 0 Å². The number of amides is 1. The van der Waals surface area contributed by atoms with Crippen molar-refractivity contribution in [3.05, 3.63) is 29.8 Å². The minimum absolute atomic E-state index is 0.122. The molecule has 21 heavy (non-hydrogen) atoms. The second kappa shape index (κ2) is 7.43. The number of hydrogen-bond acceptors (Lipinski definition) is 4. The molecule has 0 saturated carbocycles. The van der Waals surface area contributed by atoms with Crippen LogP contribution < -0.4 is 10.1 Å². The summed E-state index contributed by atoms with van der Waals surface area (Å²) in [4.78, 5) is 16.4. The minimum Gasteiger partial charge on any atom is -0.497 e. The number of rotatable bonds is 5. The second-order valence-electron chi connectivity index (χ2n) is 5.56. The van der Waals surface area contributed by atoms with Crippen LogP contribution in [0.1, 0.15) is 18.5 Å². The van der Waals surface area contributed by atoms with E-state index >= 15 is 0 Å². The first kappa shape index (κ1) is 15.8. The fourth-order valence-corrected chi connectivity index (χ4v) is 2.44. The lowest BCUT2D eigenvalue weighted by Crippen LogP contribution is -2.49. The van der Waals surface area contributed by atoms with Gasteiger partial charge in [-0.1, -0.05) is 12.1 Å². The largest absolute Gasteiger partial charge is 0.497 e. The Morgan fingerprint density at radius 2 is 2.05 bits per heavy atom. The summed E-state index contributed by atoms with van der Waals surface area (Å²) in [7, 11) is 3.75. The lowest BCUT2D eigenvalue weighted by Gasteiger charge is -2.32. The Morgan fingerprint density at radius 1 is 1.33 bits per heavy atom. The zero-order valence-corrected chi connectivity index (χ0v) is 13.1. The van der Waals surface area contributed by atoms with Gasteiger partial charge in [0.2, 0.25) is 5.91 Å². The summed E-state index contributed by atoms with van der Waals surface area (Å²) in [5.74, 6) is 1.02. The van der Waals surface area contributed by atoms with Crippen LogP contribution in [-0.2, 0) is 4.79 Å². The molecule has 2 rings (SSSR count). The molecule has 1 aromatic rings. The first-order valence-electron chi connectivity index (χ1n) is 7.44. The molecule has 1 fully saturated rings. The summed E-state index contributed by atoms with van der Waals surface area (Å²) >= 11 is 0. The van der Waals surface area contributed by atoms with Crippen LogP contribution in [0.5, 0.6) is 5.75 Å². The smallest absolute Gasteiger partial charge is 0.236 e. The van der Waals surface area contributed by atoms with E-state index in [2.05, 4.69) is 24.2 Å². The van der Waals surface area contributed by atoms with E-state index in [1.807, 2.05) is 29.2 Å². The van der Waals surface area contributed by atoms with Gasteiger partial charge in [0.1, 0.15) is 5.75 Å². The molecule has 0 unspecified atom stereocenters. The minimum atomic E-state index is 0.122. The van der Waals surface area contributed by atoms with E-state index < -0.39 is 0 Å². The van der Waals surface area contributed by atoms with Crippen LogP contribution in [0.3, 0.4) is 0 Å². The van der Waals surface area contributed by atoms with Crippen molar-refractivity contribution in [3.63, 3.8) is 0 Å². The standard InChI is InChI=1S/C16H25N3O2/c1-13(14-5-4-6-15(11-14)21-3)17-12-16(20)19-9-7-18(2)8-10-19/h4-6,11,13,17H,7-10,12H2,1-3H3/t13-/m0/s1. The van der Waals surface area contributed by atoms with Gasteiger partial charge < -0.3 is 19.9 Å². The molecule has 1 atom stereocenters. The van der Waals surface area contributed by atoms with Crippen molar-refractivity contribution in [2.24, 2.45) is 0 Å². The molecule has 5 nitrogen and oxygen atoms in total. The monoisotopic (exact) mass is 291 g/mol. The number of carbonyl (C=O) groups excluding carboxylic acids is 1. The molecule has 1 heterocycles. The number of ether oxygens (including phenoxy) is 1. The predicted octanol–water partition coefficient (Wildman–Crippen LogP) is 1.12. The van der Waals surface area contributed by atoms with Gasteiger partial charge in [-0.25, -0.2) is 0 Å². The molecule has 0 radical (unpaired) electrons. The highest BCUT2D eigenvalue weighted by Gasteiger charge is 2.19. The van der Waals surface area contributed by atoms with Crippen molar-refractivity contribution in [1.29, 1.82) is 0 Å². The van der Waals surface area contributed by atoms with E-state index in [-0.39, 0.29) is 11.9 Å². The Morgan fingerprint density at radius 3 is 2.71 bits per heavy atom. The molecule has 1 saturated heterocycles. The van der Waals surface area contributed by atoms with Crippen LogP contribution in [0.4, 0.5) is 0 Å². The fourth-order valence-electron chi connectivity index (χ4n) is 2.44. The Hall–Kier alpha value is -1.59. The molecule has 1 amide bonds. The summed E-state index contributed by atoms with van der Waals surface area (Å²) in [6.07, 6.45) is 0. The lowest BCUT2D eigenvalue weighted by atomic mass is 10.1. The van der Waals surface area contributed by atoms with Crippen molar-refractivity contribution in [2.45, 2.75) is 13.0 Å². The maximum atomic E-state index is 12.2. The van der Waals surface area contributed by atoms with Gasteiger partial charge in [0.15, 0.2) is 0 Å². The topological polar surface area (TPSA) is 44.8 Å². The molecular formula is C16H25N3O2. The van der Waals surface area contributed by atoms with Crippen LogP contribution >= 0.6 is 0 Å². The summed E-state index contributed by atoms with van der Waals surface area (Å²) in [5.41, 5.74) is 1.13. The van der Waals surface area contributed by atoms with Gasteiger partial charge in [-0.3, -0.25) is 4.79 Å². The van der Waals surface area contributed by atoms with Crippen molar-refractivity contribution in [1.82, 2.24) is 15.1 Å². The first-order valence-corrected chi connectivity index (χ1v) is 7.44. The van der Waals surface area contributed by atoms with Gasteiger partial charge in [-0.05, 0) is 31.7 Å². The van der Waals surface area contributed by atoms with E-state index in [0.717, 1.165) is 37.5 Å². The zero-order chi connectivity index (χ0) is 15.2. The van der Waals surface area contributed by atoms with Crippen LogP contribution in [-0.4, -0.2) is 62.6 Å². The van der Waals surface area contributed by atoms with Crippen LogP contribution in [0.2, 0.25) is 0 Å². The number of carbonyl (C=O) groups is 1. The summed E-state index contributed by atoms with van der Waals surface area (Å²) < 4.78 is 5.23. The number of piperazine rings is 1. The SMILES string of the molecule is COc1cccc([C@H](C)NCC(=O)N2CCN(C)CC2)c1. The number of hydrogen-bond donors (Lipinski definition) is 1. The summed E-state index contributed by atoms with van der Waals surface area (Å²) in [6, 6.07) is 8.05. The Bertz CT molecular complexity index is 470. The maximum Gasteiger partial charge on any atom is 0.236 e. The molecule has 1 N–H and O–H groups in total. The van der Waals surface area contributed by atoms with E-state index in [1.165, 1.54) is 0 Å². The van der Waals surface area contributed by atoms with Crippen molar-refractivity contribution in [3.8, 4) is 5.75 Å². The first-order chi connectivity index (χ1) is 10.1. The molecule has 116 valence electrons. The number of benzene rings is 1. The highest BCUT2D eigenvalue weighted by molar-refractivity contribution is 5.78. The van der Waals surface area contributed by atoms with Crippen LogP contribution in [0, 0.1) is 0 Å². The number of likely N-dealkylation sites (N-methyl/N-ethyl adjacent to an activating group) is 1. The molecular weight excluding hydrogens is 266 g/mol. The van der Waals surface area contributed by atoms with Crippen molar-refractivity contribution >= 4 is 5.91 Å². The molecule has 1 aromatic carbocycles. The van der Waals surface area contributed by atoms with Crippen LogP contribution in [0.25, 0.3) is 0 Å². The second-order valence-corrected chi connectivity index (χ2v) is 5.56. The maximum absolute atomic E-state index is 12.2.